The van der Waals surface area contributed by atoms with Crippen molar-refractivity contribution in [3.8, 4) is 0 Å². The molecule has 4 heteroatoms. The maximum atomic E-state index is 9.78. The summed E-state index contributed by atoms with van der Waals surface area (Å²) >= 11 is 0. The minimum absolute atomic E-state index is 0.631. The monoisotopic (exact) mass is 120 g/mol. The molecule has 0 saturated carbocycles. The van der Waals surface area contributed by atoms with E-state index in [9.17, 15) is 4.91 Å². The van der Waals surface area contributed by atoms with Crippen molar-refractivity contribution in [1.82, 2.24) is 5.01 Å². The molecule has 1 saturated heterocycles. The molecule has 8 heavy (non-hydrogen) atoms. The fourth-order valence-corrected chi connectivity index (χ4v) is 0.635. The molecule has 0 aromatic rings. The molecule has 1 aliphatic heterocycles. The van der Waals surface area contributed by atoms with E-state index in [0.29, 0.717) is 26.3 Å². The quantitative estimate of drug-likeness (QED) is 0.361. The Bertz CT molecular complexity index is 80.1. The van der Waals surface area contributed by atoms with Gasteiger partial charge in [0.2, 0.25) is 0 Å². The van der Waals surface area contributed by atoms with Crippen molar-refractivity contribution in [2.75, 3.05) is 26.3 Å². The summed E-state index contributed by atoms with van der Waals surface area (Å²) in [6, 6.07) is 0. The molecule has 1 aliphatic rings. The second kappa shape index (κ2) is 2.61. The van der Waals surface area contributed by atoms with Gasteiger partial charge in [-0.1, -0.05) is 0 Å². The van der Waals surface area contributed by atoms with Gasteiger partial charge in [0, 0.05) is 0 Å². The molecule has 0 atom stereocenters. The fraction of sp³-hybridized carbons (Fsp3) is 1.00. The Labute approximate surface area is 47.4 Å². The second-order valence-corrected chi connectivity index (χ2v) is 1.65. The van der Waals surface area contributed by atoms with Gasteiger partial charge >= 0.3 is 0 Å². The van der Waals surface area contributed by atoms with E-state index < -0.39 is 0 Å². The highest BCUT2D eigenvalue weighted by Gasteiger charge is 2.06. The lowest BCUT2D eigenvalue weighted by Crippen LogP contribution is -2.31. The van der Waals surface area contributed by atoms with Gasteiger partial charge in [0.15, 0.2) is 0 Å². The van der Waals surface area contributed by atoms with Crippen LogP contribution in [0.5, 0.6) is 0 Å². The van der Waals surface area contributed by atoms with Gasteiger partial charge in [-0.15, -0.1) is 4.91 Å². The molecule has 0 amide bonds. The highest BCUT2D eigenvalue weighted by Crippen LogP contribution is 1.94. The van der Waals surface area contributed by atoms with E-state index in [0.717, 1.165) is 0 Å². The van der Waals surface area contributed by atoms with Gasteiger partial charge < -0.3 is 4.74 Å². The van der Waals surface area contributed by atoms with E-state index >= 15 is 0 Å². The lowest BCUT2D eigenvalue weighted by atomic mass is 11.3. The van der Waals surface area contributed by atoms with Gasteiger partial charge in [0.05, 0.1) is 31.6 Å². The second-order valence-electron chi connectivity index (χ2n) is 1.65. The zero-order valence-electron chi connectivity index (χ0n) is 4.54. The van der Waals surface area contributed by atoms with Gasteiger partial charge in [-0.3, -0.25) is 5.01 Å². The number of hydrogen-bond acceptors (Lipinski definition) is 3. The summed E-state index contributed by atoms with van der Waals surface area (Å²) in [4.78, 5) is 9.78. The summed E-state index contributed by atoms with van der Waals surface area (Å²) < 4.78 is 4.96. The first kappa shape index (κ1) is 5.50. The maximum Gasteiger partial charge on any atom is 0.0660 e. The largest absolute Gasteiger partial charge is 0.378 e. The number of nitroso groups, excluding NO2 is 1. The van der Waals surface area contributed by atoms with Crippen molar-refractivity contribution in [1.29, 1.82) is 0 Å². The summed E-state index contributed by atoms with van der Waals surface area (Å²) in [5.41, 5.74) is 0. The minimum Gasteiger partial charge on any atom is -0.378 e. The van der Waals surface area contributed by atoms with Gasteiger partial charge in [-0.2, -0.15) is 0 Å². The molecule has 0 aliphatic carbocycles. The number of rotatable bonds is 1. The molecule has 0 bridgehead atoms. The molecule has 0 aromatic carbocycles. The molecule has 1 fully saturated rings. The molecule has 0 spiro atoms. The van der Waals surface area contributed by atoms with Gasteiger partial charge in [-0.05, 0) is 0 Å². The third-order valence-corrected chi connectivity index (χ3v) is 1.10. The first-order valence-corrected chi connectivity index (χ1v) is 2.59. The molecular weight excluding hydrogens is 112 g/mol. The van der Waals surface area contributed by atoms with Crippen LogP contribution in [0, 0.1) is 4.91 Å². The summed E-state index contributed by atoms with van der Waals surface area (Å²) in [7, 11) is 0. The van der Waals surface area contributed by atoms with Crippen LogP contribution in [0.3, 0.4) is 0 Å². The Balaban J connectivity index is 2.22. The average molecular weight is 120 g/mol. The molecular formula is C4H8N2O2. The molecule has 0 unspecified atom stereocenters. The molecule has 0 radical (unpaired) electrons. The Hall–Kier alpha value is -0.640. The lowest BCUT2D eigenvalue weighted by Gasteiger charge is -2.19. The zero-order valence-corrected chi connectivity index (χ0v) is 4.54. The van der Waals surface area contributed by atoms with Crippen LogP contribution in [0.4, 0.5) is 0 Å². The van der Waals surface area contributed by atoms with Crippen molar-refractivity contribution >= 4 is 0 Å². The molecule has 1 heterocycles. The van der Waals surface area contributed by atoms with Crippen molar-refractivity contribution in [2.45, 2.75) is 0 Å². The zero-order chi connectivity index (χ0) is 5.82. The first-order valence-electron chi connectivity index (χ1n) is 2.59. The van der Waals surface area contributed by atoms with E-state index in [1.807, 2.05) is 0 Å². The van der Waals surface area contributed by atoms with E-state index in [1.165, 1.54) is 5.01 Å². The van der Waals surface area contributed by atoms with Crippen LogP contribution in [-0.2, 0) is 4.74 Å². The number of ether oxygens (including phenoxy) is 1. The number of morpholine rings is 1. The molecule has 0 aromatic heterocycles. The Morgan fingerprint density at radius 1 is 1.38 bits per heavy atom. The third kappa shape index (κ3) is 1.16. The lowest BCUT2D eigenvalue weighted by molar-refractivity contribution is 0.0383. The summed E-state index contributed by atoms with van der Waals surface area (Å²) in [5.74, 6) is 0. The van der Waals surface area contributed by atoms with Crippen molar-refractivity contribution in [3.63, 3.8) is 0 Å². The van der Waals surface area contributed by atoms with E-state index in [4.69, 9.17) is 4.74 Å². The Kier molecular flexibility index (Phi) is 1.80. The van der Waals surface area contributed by atoms with Gasteiger partial charge in [0.25, 0.3) is 0 Å². The highest BCUT2D eigenvalue weighted by atomic mass is 16.6. The minimum atomic E-state index is 0.631. The fourth-order valence-electron chi connectivity index (χ4n) is 0.635. The third-order valence-electron chi connectivity index (χ3n) is 1.10. The van der Waals surface area contributed by atoms with Crippen LogP contribution in [0.15, 0.2) is 5.29 Å². The molecule has 4 nitrogen and oxygen atoms in total. The van der Waals surface area contributed by atoms with Crippen molar-refractivity contribution < 1.29 is 4.74 Å². The van der Waals surface area contributed by atoms with Crippen molar-refractivity contribution in [2.24, 2.45) is 5.29 Å². The van der Waals surface area contributed by atoms with Crippen LogP contribution in [-0.4, -0.2) is 31.3 Å². The van der Waals surface area contributed by atoms with Crippen molar-refractivity contribution in [3.05, 3.63) is 4.91 Å². The predicted octanol–water partition coefficient (Wildman–Crippen LogP) is 0. The Morgan fingerprint density at radius 3 is 2.38 bits per heavy atom. The molecule has 1 rings (SSSR count). The first-order chi connectivity index (χ1) is 3.93. The smallest absolute Gasteiger partial charge is 0.0660 e. The Morgan fingerprint density at radius 2 is 2.00 bits per heavy atom. The summed E-state index contributed by atoms with van der Waals surface area (Å²) in [6.45, 7) is 2.55. The summed E-state index contributed by atoms with van der Waals surface area (Å²) in [5, 5.41) is 4.21. The van der Waals surface area contributed by atoms with Crippen LogP contribution in [0.1, 0.15) is 0 Å². The van der Waals surface area contributed by atoms with Crippen LogP contribution >= 0.6 is 0 Å². The van der Waals surface area contributed by atoms with Crippen LogP contribution in [0.2, 0.25) is 0 Å². The number of nitrogens with zero attached hydrogens (tertiary/aromatic N) is 2. The predicted molar refractivity (Wildman–Crippen MR) is 28.2 cm³/mol. The number of hydrogen-bond donors (Lipinski definition) is 0. The van der Waals surface area contributed by atoms with Crippen LogP contribution in [0.25, 0.3) is 0 Å². The summed E-state index contributed by atoms with van der Waals surface area (Å²) in [6.07, 6.45) is 0. The van der Waals surface area contributed by atoms with Gasteiger partial charge in [0.1, 0.15) is 0 Å². The van der Waals surface area contributed by atoms with Crippen LogP contribution < -0.4 is 0 Å². The SMILES string of the molecule is O=NN1[13CH2][13CH2]O[13CH2][13CH2]1. The van der Waals surface area contributed by atoms with E-state index in [2.05, 4.69) is 5.29 Å². The van der Waals surface area contributed by atoms with Gasteiger partial charge in [-0.25, -0.2) is 0 Å². The standard InChI is InChI=1S/C4H8N2O2/c7-5-6-1-3-8-4-2-6/h1-4H2/i1+1,2+1,3+1,4+1. The average Bonchev–Trinajstić information content (AvgIpc) is 1.90. The topological polar surface area (TPSA) is 41.9 Å². The van der Waals surface area contributed by atoms with E-state index in [1.54, 1.807) is 0 Å². The normalized spacial score (nSPS) is 20.8. The van der Waals surface area contributed by atoms with E-state index in [-0.39, 0.29) is 0 Å². The maximum absolute atomic E-state index is 9.78. The molecule has 0 N–H and O–H groups in total. The highest BCUT2D eigenvalue weighted by molar-refractivity contribution is 4.54. The molecule has 46 valence electrons.